The maximum Gasteiger partial charge on any atom is 0.159 e. The van der Waals surface area contributed by atoms with Gasteiger partial charge in [-0.3, -0.25) is 4.79 Å². The number of carbonyl (C=O) groups excluding carboxylic acids is 1. The maximum absolute atomic E-state index is 12.4. The first-order chi connectivity index (χ1) is 31.9. The number of benzene rings is 4. The highest BCUT2D eigenvalue weighted by molar-refractivity contribution is 5.90. The van der Waals surface area contributed by atoms with Crippen LogP contribution in [-0.4, -0.2) is 100 Å². The van der Waals surface area contributed by atoms with E-state index < -0.39 is 0 Å². The molecule has 1 N–H and O–H groups in total. The SMILES string of the molecule is Cc1cc2cc(c1)-c1cc(c3ccccc3n1)CCOCCOCCCC(=O)C=C(O)CCCOCCOCCc1cc(nc3ccccc13)-c1cc(C)cc(c1)CCOCCOCC2. The van der Waals surface area contributed by atoms with Crippen LogP contribution < -0.4 is 0 Å². The van der Waals surface area contributed by atoms with E-state index >= 15 is 0 Å². The zero-order valence-electron chi connectivity index (χ0n) is 38.2. The predicted molar refractivity (Wildman–Crippen MR) is 258 cm³/mol. The number of hydrogen-bond acceptors (Lipinski definition) is 10. The Labute approximate surface area is 383 Å². The minimum absolute atomic E-state index is 0.0762. The molecular formula is C55H64N2O8. The van der Waals surface area contributed by atoms with Crippen LogP contribution in [0.4, 0.5) is 0 Å². The Morgan fingerprint density at radius 2 is 0.862 bits per heavy atom. The summed E-state index contributed by atoms with van der Waals surface area (Å²) >= 11 is 0. The Hall–Kier alpha value is -5.33. The number of ether oxygens (including phenoxy) is 6. The molecule has 10 nitrogen and oxygen atoms in total. The van der Waals surface area contributed by atoms with E-state index in [0.29, 0.717) is 105 Å². The number of rotatable bonds is 0. The number of aliphatic hydroxyl groups excluding tert-OH is 1. The van der Waals surface area contributed by atoms with E-state index in [2.05, 4.69) is 92.7 Å². The smallest absolute Gasteiger partial charge is 0.159 e. The van der Waals surface area contributed by atoms with Gasteiger partial charge in [0.2, 0.25) is 0 Å². The predicted octanol–water partition coefficient (Wildman–Crippen LogP) is 10.3. The molecule has 0 unspecified atom stereocenters. The molecular weight excluding hydrogens is 817 g/mol. The van der Waals surface area contributed by atoms with Gasteiger partial charge in [0.15, 0.2) is 5.78 Å². The van der Waals surface area contributed by atoms with Crippen molar-refractivity contribution < 1.29 is 38.3 Å². The largest absolute Gasteiger partial charge is 0.512 e. The summed E-state index contributed by atoms with van der Waals surface area (Å²) < 4.78 is 35.6. The number of hydrogen-bond donors (Lipinski definition) is 1. The van der Waals surface area contributed by atoms with Crippen molar-refractivity contribution in [1.29, 1.82) is 0 Å². The maximum atomic E-state index is 12.4. The number of pyridine rings is 2. The first kappa shape index (κ1) is 47.6. The monoisotopic (exact) mass is 880 g/mol. The van der Waals surface area contributed by atoms with Crippen LogP contribution in [0.15, 0.2) is 109 Å². The molecule has 1 aliphatic rings. The van der Waals surface area contributed by atoms with Gasteiger partial charge in [0.25, 0.3) is 0 Å². The quantitative estimate of drug-likeness (QED) is 0.158. The average Bonchev–Trinajstić information content (AvgIpc) is 3.30. The van der Waals surface area contributed by atoms with Gasteiger partial charge in [-0.1, -0.05) is 59.7 Å². The van der Waals surface area contributed by atoms with E-state index in [-0.39, 0.29) is 11.5 Å². The van der Waals surface area contributed by atoms with Crippen LogP contribution in [0.2, 0.25) is 0 Å². The number of carbonyl (C=O) groups is 1. The average molecular weight is 881 g/mol. The molecule has 0 spiro atoms. The lowest BCUT2D eigenvalue weighted by Gasteiger charge is -2.13. The third-order valence-electron chi connectivity index (χ3n) is 11.4. The molecule has 1 aliphatic heterocycles. The van der Waals surface area contributed by atoms with Crippen LogP contribution in [-0.2, 0) is 58.9 Å². The summed E-state index contributed by atoms with van der Waals surface area (Å²) in [4.78, 5) is 22.6. The summed E-state index contributed by atoms with van der Waals surface area (Å²) in [7, 11) is 0. The molecule has 4 aromatic carbocycles. The van der Waals surface area contributed by atoms with Crippen molar-refractivity contribution in [2.75, 3.05) is 79.3 Å². The van der Waals surface area contributed by atoms with Gasteiger partial charge in [0, 0.05) is 54.0 Å². The molecule has 10 heteroatoms. The van der Waals surface area contributed by atoms with E-state index in [9.17, 15) is 9.90 Å². The number of allylic oxidation sites excluding steroid dienone is 2. The van der Waals surface area contributed by atoms with Crippen LogP contribution in [0.3, 0.4) is 0 Å². The van der Waals surface area contributed by atoms with E-state index in [1.54, 1.807) is 0 Å². The Morgan fingerprint density at radius 1 is 0.446 bits per heavy atom. The molecule has 0 amide bonds. The minimum atomic E-state index is -0.111. The topological polar surface area (TPSA) is 118 Å². The third-order valence-corrected chi connectivity index (χ3v) is 11.4. The van der Waals surface area contributed by atoms with Crippen molar-refractivity contribution in [3.8, 4) is 22.5 Å². The number of aryl methyl sites for hydroxylation is 2. The van der Waals surface area contributed by atoms with Crippen molar-refractivity contribution in [2.24, 2.45) is 0 Å². The molecule has 2 aromatic heterocycles. The molecule has 7 rings (SSSR count). The second kappa shape index (κ2) is 25.4. The van der Waals surface area contributed by atoms with Gasteiger partial charge < -0.3 is 33.5 Å². The second-order valence-corrected chi connectivity index (χ2v) is 16.8. The fraction of sp³-hybridized carbons (Fsp3) is 0.400. The Kier molecular flexibility index (Phi) is 18.6. The number of aliphatic hydroxyl groups is 1. The molecule has 0 saturated heterocycles. The highest BCUT2D eigenvalue weighted by atomic mass is 16.5. The number of fused-ring (bicyclic) bond motifs is 14. The van der Waals surface area contributed by atoms with Gasteiger partial charge in [0.05, 0.1) is 94.2 Å². The van der Waals surface area contributed by atoms with Gasteiger partial charge in [0.1, 0.15) is 0 Å². The number of para-hydroxylation sites is 2. The minimum Gasteiger partial charge on any atom is -0.512 e. The molecule has 3 heterocycles. The summed E-state index contributed by atoms with van der Waals surface area (Å²) in [6.45, 7) is 10.4. The summed E-state index contributed by atoms with van der Waals surface area (Å²) in [6.07, 6.45) is 6.28. The molecule has 8 bridgehead atoms. The zero-order valence-corrected chi connectivity index (χ0v) is 38.2. The van der Waals surface area contributed by atoms with E-state index in [0.717, 1.165) is 70.0 Å². The van der Waals surface area contributed by atoms with Crippen LogP contribution in [0, 0.1) is 13.8 Å². The lowest BCUT2D eigenvalue weighted by Crippen LogP contribution is -2.09. The summed E-state index contributed by atoms with van der Waals surface area (Å²) in [6, 6.07) is 34.2. The highest BCUT2D eigenvalue weighted by Gasteiger charge is 2.12. The normalized spacial score (nSPS) is 17.2. The van der Waals surface area contributed by atoms with Crippen LogP contribution in [0.5, 0.6) is 0 Å². The zero-order chi connectivity index (χ0) is 45.1. The van der Waals surface area contributed by atoms with Gasteiger partial charge in [-0.15, -0.1) is 0 Å². The van der Waals surface area contributed by atoms with Crippen molar-refractivity contribution >= 4 is 27.6 Å². The van der Waals surface area contributed by atoms with E-state index in [4.69, 9.17) is 38.4 Å². The Balaban J connectivity index is 0.982. The van der Waals surface area contributed by atoms with Crippen LogP contribution >= 0.6 is 0 Å². The Bertz CT molecular complexity index is 2500. The van der Waals surface area contributed by atoms with Gasteiger partial charge in [-0.25, -0.2) is 9.97 Å². The van der Waals surface area contributed by atoms with E-state index in [1.165, 1.54) is 39.5 Å². The lowest BCUT2D eigenvalue weighted by molar-refractivity contribution is -0.115. The van der Waals surface area contributed by atoms with Gasteiger partial charge >= 0.3 is 0 Å². The molecule has 0 saturated carbocycles. The third kappa shape index (κ3) is 15.1. The fourth-order valence-corrected chi connectivity index (χ4v) is 8.26. The molecule has 0 aliphatic carbocycles. The van der Waals surface area contributed by atoms with Crippen molar-refractivity contribution in [3.63, 3.8) is 0 Å². The van der Waals surface area contributed by atoms with Gasteiger partial charge in [-0.2, -0.15) is 0 Å². The second-order valence-electron chi connectivity index (χ2n) is 16.8. The fourth-order valence-electron chi connectivity index (χ4n) is 8.26. The van der Waals surface area contributed by atoms with Crippen LogP contribution in [0.1, 0.15) is 59.1 Å². The Morgan fingerprint density at radius 3 is 1.34 bits per heavy atom. The van der Waals surface area contributed by atoms with Crippen molar-refractivity contribution in [3.05, 3.63) is 142 Å². The number of ketones is 1. The number of aromatic nitrogens is 2. The molecule has 0 atom stereocenters. The number of nitrogens with zero attached hydrogens (tertiary/aromatic N) is 2. The summed E-state index contributed by atoms with van der Waals surface area (Å²) in [5.41, 5.74) is 13.1. The lowest BCUT2D eigenvalue weighted by atomic mass is 9.99. The first-order valence-corrected chi connectivity index (χ1v) is 23.3. The van der Waals surface area contributed by atoms with Crippen LogP contribution in [0.25, 0.3) is 44.3 Å². The van der Waals surface area contributed by atoms with Gasteiger partial charge in [-0.05, 0) is 123 Å². The first-order valence-electron chi connectivity index (χ1n) is 23.3. The molecule has 6 aromatic rings. The van der Waals surface area contributed by atoms with E-state index in [1.807, 2.05) is 18.2 Å². The van der Waals surface area contributed by atoms with Crippen molar-refractivity contribution in [2.45, 2.75) is 65.2 Å². The standard InChI is InChI=1S/C55H64N2O8/c1-40-31-42-15-21-62-29-30-63-22-16-43-32-41(2)34-47(36-43)55-38-45(51-12-4-6-14-53(51)57-55)18-24-65-28-26-61-20-8-10-49(59)39-48(58)9-7-19-60-25-27-64-23-17-44-37-54(46(33-40)35-42)56-52-13-5-3-11-50(44)52/h3-6,11-14,31-39,58H,7-10,15-30H2,1-2H3. The van der Waals surface area contributed by atoms with Crippen molar-refractivity contribution in [1.82, 2.24) is 9.97 Å². The molecule has 65 heavy (non-hydrogen) atoms. The summed E-state index contributed by atoms with van der Waals surface area (Å²) in [5, 5.41) is 12.6. The summed E-state index contributed by atoms with van der Waals surface area (Å²) in [5.74, 6) is -0.0351. The molecule has 342 valence electrons. The highest BCUT2D eigenvalue weighted by Crippen LogP contribution is 2.29. The molecule has 0 fully saturated rings. The molecule has 0 radical (unpaired) electrons.